The first-order valence-electron chi connectivity index (χ1n) is 10.9. The van der Waals surface area contributed by atoms with Crippen molar-refractivity contribution in [2.75, 3.05) is 18.4 Å². The molecule has 0 unspecified atom stereocenters. The first-order chi connectivity index (χ1) is 16.5. The molecule has 0 spiro atoms. The van der Waals surface area contributed by atoms with Gasteiger partial charge in [-0.3, -0.25) is 9.59 Å². The van der Waals surface area contributed by atoms with Gasteiger partial charge in [0, 0.05) is 30.4 Å². The molecule has 172 valence electrons. The summed E-state index contributed by atoms with van der Waals surface area (Å²) in [7, 11) is 0. The van der Waals surface area contributed by atoms with E-state index in [1.165, 1.54) is 28.7 Å². The number of pyridine rings is 2. The van der Waals surface area contributed by atoms with Gasteiger partial charge in [0.2, 0.25) is 0 Å². The van der Waals surface area contributed by atoms with E-state index in [0.717, 1.165) is 35.2 Å². The molecular formula is C23H19ClN6O3S. The van der Waals surface area contributed by atoms with Crippen LogP contribution in [0.3, 0.4) is 0 Å². The standard InChI is InChI=1S/C23H19ClN6O3S/c24-16-8-13(9-25-20(16)23(33)29-10-14(31)11-29)27-22(32)21-18(12-3-4-12)19(28-34-21)15-2-1-7-30-17(15)5-6-26-30/h1-2,5-9,12,14,31H,3-4,10-11H2,(H,27,32). The summed E-state index contributed by atoms with van der Waals surface area (Å²) in [6.45, 7) is 0.528. The van der Waals surface area contributed by atoms with Gasteiger partial charge in [0.05, 0.1) is 40.4 Å². The maximum absolute atomic E-state index is 13.2. The molecular weight excluding hydrogens is 476 g/mol. The van der Waals surface area contributed by atoms with Crippen LogP contribution in [0, 0.1) is 0 Å². The molecule has 0 atom stereocenters. The Bertz CT molecular complexity index is 1440. The number of amides is 2. The lowest BCUT2D eigenvalue weighted by molar-refractivity contribution is 0.00552. The highest BCUT2D eigenvalue weighted by molar-refractivity contribution is 7.08. The van der Waals surface area contributed by atoms with Crippen LogP contribution in [0.25, 0.3) is 16.8 Å². The zero-order chi connectivity index (χ0) is 23.4. The zero-order valence-electron chi connectivity index (χ0n) is 17.8. The Hall–Kier alpha value is -3.34. The van der Waals surface area contributed by atoms with Gasteiger partial charge in [0.25, 0.3) is 11.8 Å². The van der Waals surface area contributed by atoms with E-state index in [-0.39, 0.29) is 35.6 Å². The van der Waals surface area contributed by atoms with E-state index >= 15 is 0 Å². The Morgan fingerprint density at radius 2 is 2.06 bits per heavy atom. The third-order valence-electron chi connectivity index (χ3n) is 6.06. The monoisotopic (exact) mass is 494 g/mol. The number of aromatic nitrogens is 4. The lowest BCUT2D eigenvalue weighted by Crippen LogP contribution is -2.53. The second-order valence-electron chi connectivity index (χ2n) is 8.50. The number of carbonyl (C=O) groups is 2. The fourth-order valence-electron chi connectivity index (χ4n) is 4.18. The van der Waals surface area contributed by atoms with E-state index in [0.29, 0.717) is 16.5 Å². The van der Waals surface area contributed by atoms with Crippen LogP contribution in [-0.4, -0.2) is 60.0 Å². The zero-order valence-corrected chi connectivity index (χ0v) is 19.4. The lowest BCUT2D eigenvalue weighted by atomic mass is 10.0. The van der Waals surface area contributed by atoms with Gasteiger partial charge in [-0.05, 0) is 54.6 Å². The highest BCUT2D eigenvalue weighted by atomic mass is 35.5. The molecule has 2 fully saturated rings. The van der Waals surface area contributed by atoms with Crippen molar-refractivity contribution >= 4 is 46.2 Å². The summed E-state index contributed by atoms with van der Waals surface area (Å²) in [5.74, 6) is -0.328. The molecule has 2 aliphatic rings. The average Bonchev–Trinajstić information content (AvgIpc) is 3.35. The highest BCUT2D eigenvalue weighted by Gasteiger charge is 2.35. The summed E-state index contributed by atoms with van der Waals surface area (Å²) in [6.07, 6.45) is 6.56. The number of hydrogen-bond acceptors (Lipinski definition) is 7. The van der Waals surface area contributed by atoms with Crippen molar-refractivity contribution in [1.29, 1.82) is 0 Å². The fourth-order valence-corrected chi connectivity index (χ4v) is 5.30. The molecule has 0 radical (unpaired) electrons. The molecule has 5 heterocycles. The van der Waals surface area contributed by atoms with E-state index in [1.54, 1.807) is 10.7 Å². The van der Waals surface area contributed by atoms with E-state index in [2.05, 4.69) is 19.8 Å². The summed E-state index contributed by atoms with van der Waals surface area (Å²) >= 11 is 7.47. The van der Waals surface area contributed by atoms with Crippen LogP contribution in [0.2, 0.25) is 5.02 Å². The third-order valence-corrected chi connectivity index (χ3v) is 7.21. The van der Waals surface area contributed by atoms with Gasteiger partial charge < -0.3 is 15.3 Å². The SMILES string of the molecule is O=C(Nc1cnc(C(=O)N2CC(O)C2)c(Cl)c1)c1snc(-c2cccn3nccc23)c1C1CC1. The molecule has 1 aliphatic heterocycles. The van der Waals surface area contributed by atoms with Gasteiger partial charge in [-0.25, -0.2) is 9.50 Å². The maximum Gasteiger partial charge on any atom is 0.274 e. The normalized spacial score (nSPS) is 16.0. The number of aliphatic hydroxyl groups is 1. The summed E-state index contributed by atoms with van der Waals surface area (Å²) < 4.78 is 6.46. The predicted octanol–water partition coefficient (Wildman–Crippen LogP) is 3.45. The van der Waals surface area contributed by atoms with E-state index < -0.39 is 6.10 Å². The van der Waals surface area contributed by atoms with Crippen LogP contribution in [0.15, 0.2) is 42.9 Å². The molecule has 1 saturated heterocycles. The average molecular weight is 495 g/mol. The minimum atomic E-state index is -0.507. The van der Waals surface area contributed by atoms with Crippen molar-refractivity contribution in [3.05, 3.63) is 64.0 Å². The van der Waals surface area contributed by atoms with Crippen molar-refractivity contribution < 1.29 is 14.7 Å². The van der Waals surface area contributed by atoms with Gasteiger partial charge in [0.1, 0.15) is 10.6 Å². The molecule has 0 aromatic carbocycles. The summed E-state index contributed by atoms with van der Waals surface area (Å²) in [5, 5.41) is 16.7. The van der Waals surface area contributed by atoms with Crippen LogP contribution in [0.4, 0.5) is 5.69 Å². The Morgan fingerprint density at radius 3 is 2.79 bits per heavy atom. The highest BCUT2D eigenvalue weighted by Crippen LogP contribution is 2.47. The second kappa shape index (κ2) is 8.15. The van der Waals surface area contributed by atoms with E-state index in [1.807, 2.05) is 24.4 Å². The first kappa shape index (κ1) is 21.2. The van der Waals surface area contributed by atoms with Crippen molar-refractivity contribution in [2.45, 2.75) is 24.9 Å². The molecule has 2 amide bonds. The Balaban J connectivity index is 1.28. The number of nitrogens with zero attached hydrogens (tertiary/aromatic N) is 5. The van der Waals surface area contributed by atoms with Crippen molar-refractivity contribution in [3.63, 3.8) is 0 Å². The lowest BCUT2D eigenvalue weighted by Gasteiger charge is -2.35. The van der Waals surface area contributed by atoms with E-state index in [9.17, 15) is 14.7 Å². The van der Waals surface area contributed by atoms with Crippen LogP contribution >= 0.6 is 23.1 Å². The van der Waals surface area contributed by atoms with E-state index in [4.69, 9.17) is 11.6 Å². The Kier molecular flexibility index (Phi) is 5.09. The van der Waals surface area contributed by atoms with Crippen LogP contribution in [0.1, 0.15) is 44.5 Å². The molecule has 1 aliphatic carbocycles. The summed E-state index contributed by atoms with van der Waals surface area (Å²) in [5.41, 5.74) is 4.15. The third kappa shape index (κ3) is 3.64. The van der Waals surface area contributed by atoms with Gasteiger partial charge in [0.15, 0.2) is 0 Å². The Labute approximate surface area is 203 Å². The van der Waals surface area contributed by atoms with Gasteiger partial charge in [-0.2, -0.15) is 9.47 Å². The number of hydrogen-bond donors (Lipinski definition) is 2. The number of aliphatic hydroxyl groups excluding tert-OH is 1. The predicted molar refractivity (Wildman–Crippen MR) is 127 cm³/mol. The Morgan fingerprint density at radius 1 is 1.24 bits per heavy atom. The number of carbonyl (C=O) groups excluding carboxylic acids is 2. The van der Waals surface area contributed by atoms with Crippen LogP contribution in [-0.2, 0) is 0 Å². The number of halogens is 1. The van der Waals surface area contributed by atoms with Gasteiger partial charge >= 0.3 is 0 Å². The molecule has 4 aromatic rings. The molecule has 9 nitrogen and oxygen atoms in total. The molecule has 2 N–H and O–H groups in total. The van der Waals surface area contributed by atoms with Crippen molar-refractivity contribution in [3.8, 4) is 11.3 Å². The number of fused-ring (bicyclic) bond motifs is 1. The summed E-state index contributed by atoms with van der Waals surface area (Å²) in [4.78, 5) is 31.9. The van der Waals surface area contributed by atoms with Crippen molar-refractivity contribution in [2.24, 2.45) is 0 Å². The number of nitrogens with one attached hydrogen (secondary N) is 1. The number of β-amino-alcohol motifs (C(OH)–C–C–N with tert-alkyl or cyclic N) is 1. The molecule has 4 aromatic heterocycles. The smallest absolute Gasteiger partial charge is 0.274 e. The van der Waals surface area contributed by atoms with Crippen LogP contribution in [0.5, 0.6) is 0 Å². The molecule has 0 bridgehead atoms. The maximum atomic E-state index is 13.2. The second-order valence-corrected chi connectivity index (χ2v) is 9.68. The van der Waals surface area contributed by atoms with Crippen LogP contribution < -0.4 is 5.32 Å². The van der Waals surface area contributed by atoms with Gasteiger partial charge in [-0.15, -0.1) is 0 Å². The minimum Gasteiger partial charge on any atom is -0.389 e. The first-order valence-corrected chi connectivity index (χ1v) is 12.0. The fraction of sp³-hybridized carbons (Fsp3) is 0.261. The largest absolute Gasteiger partial charge is 0.389 e. The topological polar surface area (TPSA) is 113 Å². The molecule has 1 saturated carbocycles. The molecule has 6 rings (SSSR count). The molecule has 34 heavy (non-hydrogen) atoms. The van der Waals surface area contributed by atoms with Crippen molar-refractivity contribution in [1.82, 2.24) is 23.9 Å². The minimum absolute atomic E-state index is 0.0965. The molecule has 11 heteroatoms. The summed E-state index contributed by atoms with van der Waals surface area (Å²) in [6, 6.07) is 7.36. The van der Waals surface area contributed by atoms with Gasteiger partial charge in [-0.1, -0.05) is 11.6 Å². The number of anilines is 1. The number of rotatable bonds is 5. The number of likely N-dealkylation sites (tertiary alicyclic amines) is 1. The quantitative estimate of drug-likeness (QED) is 0.439.